The number of methoxy groups -OCH3 is 2. The Hall–Kier alpha value is -1.88. The smallest absolute Gasteiger partial charge is 0.228 e. The lowest BCUT2D eigenvalue weighted by Gasteiger charge is -2.25. The van der Waals surface area contributed by atoms with Gasteiger partial charge in [-0.15, -0.1) is 0 Å². The predicted molar refractivity (Wildman–Crippen MR) is 138 cm³/mol. The van der Waals surface area contributed by atoms with E-state index in [-0.39, 0.29) is 23.1 Å². The molecule has 1 aliphatic carbocycles. The van der Waals surface area contributed by atoms with Gasteiger partial charge in [-0.2, -0.15) is 0 Å². The summed E-state index contributed by atoms with van der Waals surface area (Å²) in [7, 11) is 2.71. The second-order valence-electron chi connectivity index (χ2n) is 10.7. The van der Waals surface area contributed by atoms with Crippen molar-refractivity contribution in [2.45, 2.75) is 111 Å². The van der Waals surface area contributed by atoms with E-state index in [9.17, 15) is 14.7 Å². The summed E-state index contributed by atoms with van der Waals surface area (Å²) in [6.45, 7) is 12.5. The Labute approximate surface area is 207 Å². The first kappa shape index (κ1) is 30.2. The Morgan fingerprint density at radius 2 is 1.56 bits per heavy atom. The van der Waals surface area contributed by atoms with Crippen molar-refractivity contribution in [1.29, 1.82) is 0 Å². The third kappa shape index (κ3) is 9.77. The highest BCUT2D eigenvalue weighted by atomic mass is 16.5. The van der Waals surface area contributed by atoms with Gasteiger partial charge in [-0.05, 0) is 71.1 Å². The Morgan fingerprint density at radius 3 is 2.15 bits per heavy atom. The summed E-state index contributed by atoms with van der Waals surface area (Å²) in [6, 6.07) is 0. The highest BCUT2D eigenvalue weighted by Crippen LogP contribution is 2.31. The highest BCUT2D eigenvalue weighted by molar-refractivity contribution is 6.23. The minimum Gasteiger partial charge on any atom is -0.489 e. The summed E-state index contributed by atoms with van der Waals surface area (Å²) in [5.41, 5.74) is 1.22. The van der Waals surface area contributed by atoms with Crippen LogP contribution in [0.5, 0.6) is 0 Å². The Balaban J connectivity index is 2.49. The normalized spacial score (nSPS) is 18.0. The van der Waals surface area contributed by atoms with Crippen LogP contribution in [0.15, 0.2) is 34.3 Å². The third-order valence-electron chi connectivity index (χ3n) is 6.93. The van der Waals surface area contributed by atoms with Gasteiger partial charge < -0.3 is 14.6 Å². The molecule has 0 spiro atoms. The second-order valence-corrected chi connectivity index (χ2v) is 10.7. The van der Waals surface area contributed by atoms with Gasteiger partial charge >= 0.3 is 0 Å². The van der Waals surface area contributed by atoms with Gasteiger partial charge in [0, 0.05) is 11.1 Å². The zero-order valence-electron chi connectivity index (χ0n) is 22.9. The van der Waals surface area contributed by atoms with E-state index in [1.54, 1.807) is 13.8 Å². The summed E-state index contributed by atoms with van der Waals surface area (Å²) < 4.78 is 10.2. The largest absolute Gasteiger partial charge is 0.489 e. The fraction of sp³-hybridized carbons (Fsp3) is 0.724. The van der Waals surface area contributed by atoms with E-state index in [0.717, 1.165) is 24.7 Å². The van der Waals surface area contributed by atoms with E-state index in [4.69, 9.17) is 9.47 Å². The fourth-order valence-corrected chi connectivity index (χ4v) is 4.49. The van der Waals surface area contributed by atoms with Crippen LogP contribution in [0, 0.1) is 11.8 Å². The van der Waals surface area contributed by atoms with Crippen molar-refractivity contribution in [2.24, 2.45) is 11.8 Å². The molecular formula is C29H48O5. The van der Waals surface area contributed by atoms with Gasteiger partial charge in [-0.1, -0.05) is 58.1 Å². The molecule has 34 heavy (non-hydrogen) atoms. The zero-order valence-corrected chi connectivity index (χ0v) is 22.9. The maximum atomic E-state index is 12.8. The summed E-state index contributed by atoms with van der Waals surface area (Å²) in [5, 5.41) is 10.9. The molecule has 0 saturated heterocycles. The molecule has 0 saturated carbocycles. The Kier molecular flexibility index (Phi) is 12.9. The summed E-state index contributed by atoms with van der Waals surface area (Å²) >= 11 is 0. The first-order valence-corrected chi connectivity index (χ1v) is 12.9. The van der Waals surface area contributed by atoms with Crippen molar-refractivity contribution in [3.8, 4) is 0 Å². The number of ketones is 2. The Bertz CT molecular complexity index is 782. The van der Waals surface area contributed by atoms with Crippen LogP contribution in [0.1, 0.15) is 106 Å². The van der Waals surface area contributed by atoms with Crippen molar-refractivity contribution in [2.75, 3.05) is 14.2 Å². The van der Waals surface area contributed by atoms with Crippen LogP contribution in [0.2, 0.25) is 0 Å². The number of hydrogen-bond donors (Lipinski definition) is 1. The van der Waals surface area contributed by atoms with Gasteiger partial charge in [-0.25, -0.2) is 0 Å². The maximum absolute atomic E-state index is 12.8. The molecule has 0 radical (unpaired) electrons. The lowest BCUT2D eigenvalue weighted by atomic mass is 9.85. The average molecular weight is 477 g/mol. The molecule has 0 aromatic heterocycles. The molecule has 0 heterocycles. The van der Waals surface area contributed by atoms with Gasteiger partial charge in [0.15, 0.2) is 0 Å². The first-order chi connectivity index (χ1) is 15.9. The molecule has 1 rings (SSSR count). The van der Waals surface area contributed by atoms with Crippen LogP contribution in [0.25, 0.3) is 0 Å². The number of hydrogen-bond acceptors (Lipinski definition) is 5. The molecule has 0 aliphatic heterocycles. The summed E-state index contributed by atoms with van der Waals surface area (Å²) in [6.07, 6.45) is 11.9. The number of allylic oxidation sites excluding steroid dienone is 4. The molecule has 0 amide bonds. The molecule has 5 heteroatoms. The van der Waals surface area contributed by atoms with Gasteiger partial charge in [0.05, 0.1) is 19.8 Å². The standard InChI is InChI=1S/C29H48O5/c1-20(2)12-9-13-21(3)14-10-15-22(4)16-11-18-29(6,32)19-17-24-23(5)25(30)27(33-7)28(34-8)26(24)31/h16,20-21,32H,9-15,17-19H2,1-8H3/b22-16+. The van der Waals surface area contributed by atoms with Crippen LogP contribution in [0.3, 0.4) is 0 Å². The maximum Gasteiger partial charge on any atom is 0.228 e. The van der Waals surface area contributed by atoms with Crippen LogP contribution in [-0.2, 0) is 19.1 Å². The number of rotatable bonds is 16. The molecule has 0 aromatic rings. The topological polar surface area (TPSA) is 72.8 Å². The minimum atomic E-state index is -0.920. The lowest BCUT2D eigenvalue weighted by Crippen LogP contribution is -2.28. The number of Topliss-reactive ketones (excluding diaryl/α,β-unsaturated/α-hetero) is 2. The van der Waals surface area contributed by atoms with Crippen molar-refractivity contribution in [3.05, 3.63) is 34.3 Å². The molecular weight excluding hydrogens is 428 g/mol. The predicted octanol–water partition coefficient (Wildman–Crippen LogP) is 6.85. The van der Waals surface area contributed by atoms with Crippen molar-refractivity contribution in [3.63, 3.8) is 0 Å². The molecule has 0 bridgehead atoms. The van der Waals surface area contributed by atoms with Gasteiger partial charge in [0.2, 0.25) is 23.1 Å². The monoisotopic (exact) mass is 476 g/mol. The number of carbonyl (C=O) groups is 2. The van der Waals surface area contributed by atoms with E-state index >= 15 is 0 Å². The Morgan fingerprint density at radius 1 is 0.971 bits per heavy atom. The number of aliphatic hydroxyl groups is 1. The lowest BCUT2D eigenvalue weighted by molar-refractivity contribution is -0.121. The zero-order chi connectivity index (χ0) is 25.9. The second kappa shape index (κ2) is 14.5. The summed E-state index contributed by atoms with van der Waals surface area (Å²) in [5.74, 6) is 0.812. The molecule has 5 nitrogen and oxygen atoms in total. The molecule has 2 atom stereocenters. The molecule has 0 aromatic carbocycles. The SMILES string of the molecule is COC1=C(OC)C(=O)C(CCC(C)(O)CC/C=C(\C)CCCC(C)CCCC(C)C)=C(C)C1=O. The number of ether oxygens (including phenoxy) is 2. The van der Waals surface area contributed by atoms with E-state index in [2.05, 4.69) is 33.8 Å². The van der Waals surface area contributed by atoms with E-state index in [1.165, 1.54) is 51.9 Å². The van der Waals surface area contributed by atoms with E-state index < -0.39 is 5.60 Å². The first-order valence-electron chi connectivity index (χ1n) is 12.9. The minimum absolute atomic E-state index is 0.0499. The van der Waals surface area contributed by atoms with Gasteiger partial charge in [-0.3, -0.25) is 9.59 Å². The summed E-state index contributed by atoms with van der Waals surface area (Å²) in [4.78, 5) is 25.3. The molecule has 194 valence electrons. The van der Waals surface area contributed by atoms with Crippen LogP contribution in [-0.4, -0.2) is 36.5 Å². The van der Waals surface area contributed by atoms with Crippen molar-refractivity contribution < 1.29 is 24.2 Å². The molecule has 1 aliphatic rings. The molecule has 1 N–H and O–H groups in total. The quantitative estimate of drug-likeness (QED) is 0.195. The van der Waals surface area contributed by atoms with Crippen LogP contribution in [0.4, 0.5) is 0 Å². The fourth-order valence-electron chi connectivity index (χ4n) is 4.49. The third-order valence-corrected chi connectivity index (χ3v) is 6.93. The van der Waals surface area contributed by atoms with Crippen molar-refractivity contribution in [1.82, 2.24) is 0 Å². The van der Waals surface area contributed by atoms with E-state index in [1.807, 2.05) is 0 Å². The van der Waals surface area contributed by atoms with E-state index in [0.29, 0.717) is 30.4 Å². The van der Waals surface area contributed by atoms with Crippen LogP contribution >= 0.6 is 0 Å². The molecule has 0 fully saturated rings. The highest BCUT2D eigenvalue weighted by Gasteiger charge is 2.35. The van der Waals surface area contributed by atoms with Crippen LogP contribution < -0.4 is 0 Å². The number of carbonyl (C=O) groups excluding carboxylic acids is 2. The van der Waals surface area contributed by atoms with Gasteiger partial charge in [0.25, 0.3) is 0 Å². The van der Waals surface area contributed by atoms with Crippen molar-refractivity contribution >= 4 is 11.6 Å². The average Bonchev–Trinajstić information content (AvgIpc) is 2.75. The molecule has 2 unspecified atom stereocenters. The van der Waals surface area contributed by atoms with Gasteiger partial charge in [0.1, 0.15) is 0 Å².